The summed E-state index contributed by atoms with van der Waals surface area (Å²) in [5.41, 5.74) is 3.74. The van der Waals surface area contributed by atoms with Crippen molar-refractivity contribution in [2.45, 2.75) is 32.7 Å². The van der Waals surface area contributed by atoms with Gasteiger partial charge in [0.2, 0.25) is 6.79 Å². The second-order valence-corrected chi connectivity index (χ2v) is 8.29. The van der Waals surface area contributed by atoms with Gasteiger partial charge in [-0.1, -0.05) is 6.07 Å². The summed E-state index contributed by atoms with van der Waals surface area (Å²) in [4.78, 5) is 26.0. The number of benzene rings is 2. The third-order valence-corrected chi connectivity index (χ3v) is 5.57. The second-order valence-electron chi connectivity index (χ2n) is 8.29. The van der Waals surface area contributed by atoms with E-state index in [0.29, 0.717) is 23.7 Å². The number of hydrogen-bond donors (Lipinski definition) is 4. The van der Waals surface area contributed by atoms with Gasteiger partial charge < -0.3 is 30.3 Å². The molecular formula is C23H29N4O4+. The van der Waals surface area contributed by atoms with Gasteiger partial charge in [0, 0.05) is 36.3 Å². The minimum atomic E-state index is -0.181. The van der Waals surface area contributed by atoms with E-state index < -0.39 is 0 Å². The molecule has 0 aromatic heterocycles. The fourth-order valence-corrected chi connectivity index (χ4v) is 4.15. The number of quaternary nitrogens is 1. The van der Waals surface area contributed by atoms with Crippen LogP contribution in [0.15, 0.2) is 36.4 Å². The number of hydrogen-bond acceptors (Lipinski definition) is 4. The Balaban J connectivity index is 1.19. The van der Waals surface area contributed by atoms with Gasteiger partial charge in [-0.25, -0.2) is 4.79 Å². The van der Waals surface area contributed by atoms with Gasteiger partial charge >= 0.3 is 6.03 Å². The molecule has 2 aliphatic rings. The van der Waals surface area contributed by atoms with Crippen LogP contribution in [0.3, 0.4) is 0 Å². The zero-order valence-electron chi connectivity index (χ0n) is 17.9. The Hall–Kier alpha value is -3.26. The Morgan fingerprint density at radius 2 is 1.65 bits per heavy atom. The molecule has 0 saturated carbocycles. The second kappa shape index (κ2) is 9.26. The van der Waals surface area contributed by atoms with Crippen molar-refractivity contribution in [3.8, 4) is 11.5 Å². The maximum absolute atomic E-state index is 12.4. The van der Waals surface area contributed by atoms with Gasteiger partial charge in [-0.05, 0) is 49.2 Å². The third kappa shape index (κ3) is 5.67. The highest BCUT2D eigenvalue weighted by Crippen LogP contribution is 2.34. The predicted octanol–water partition coefficient (Wildman–Crippen LogP) is 1.84. The lowest BCUT2D eigenvalue weighted by atomic mass is 10.1. The van der Waals surface area contributed by atoms with Crippen molar-refractivity contribution in [1.29, 1.82) is 0 Å². The van der Waals surface area contributed by atoms with Gasteiger partial charge in [-0.3, -0.25) is 4.79 Å². The van der Waals surface area contributed by atoms with E-state index in [9.17, 15) is 9.59 Å². The number of carbonyl (C=O) groups is 2. The Bertz CT molecular complexity index is 950. The van der Waals surface area contributed by atoms with Gasteiger partial charge in [0.05, 0.1) is 13.1 Å². The molecule has 0 bridgehead atoms. The maximum atomic E-state index is 12.4. The van der Waals surface area contributed by atoms with Crippen LogP contribution in [0, 0.1) is 13.8 Å². The smallest absolute Gasteiger partial charge is 0.319 e. The molecule has 4 rings (SSSR count). The normalized spacial score (nSPS) is 19.5. The van der Waals surface area contributed by atoms with Crippen molar-refractivity contribution in [2.75, 3.05) is 37.1 Å². The first-order valence-corrected chi connectivity index (χ1v) is 10.6. The molecule has 2 aromatic carbocycles. The van der Waals surface area contributed by atoms with Gasteiger partial charge in [-0.2, -0.15) is 0 Å². The minimum absolute atomic E-state index is 0.0344. The molecule has 1 fully saturated rings. The number of ether oxygens (including phenoxy) is 2. The van der Waals surface area contributed by atoms with Gasteiger partial charge in [0.1, 0.15) is 0 Å². The van der Waals surface area contributed by atoms with Crippen molar-refractivity contribution < 1.29 is 24.0 Å². The molecule has 31 heavy (non-hydrogen) atoms. The summed E-state index contributed by atoms with van der Waals surface area (Å²) in [5, 5.41) is 8.90. The number of urea groups is 1. The topological polar surface area (TPSA) is 93.1 Å². The number of anilines is 2. The summed E-state index contributed by atoms with van der Waals surface area (Å²) in [6, 6.07) is 11.3. The Labute approximate surface area is 181 Å². The lowest BCUT2D eigenvalue weighted by Gasteiger charge is -2.29. The molecule has 3 amide bonds. The van der Waals surface area contributed by atoms with Gasteiger partial charge in [-0.15, -0.1) is 0 Å². The third-order valence-electron chi connectivity index (χ3n) is 5.57. The van der Waals surface area contributed by atoms with Crippen LogP contribution in [0.1, 0.15) is 24.0 Å². The zero-order valence-corrected chi connectivity index (χ0v) is 17.9. The number of fused-ring (bicyclic) bond motifs is 1. The van der Waals surface area contributed by atoms with Crippen LogP contribution < -0.4 is 30.3 Å². The van der Waals surface area contributed by atoms with E-state index >= 15 is 0 Å². The number of nitrogens with one attached hydrogen (secondary N) is 4. The summed E-state index contributed by atoms with van der Waals surface area (Å²) < 4.78 is 10.6. The molecule has 4 N–H and O–H groups in total. The summed E-state index contributed by atoms with van der Waals surface area (Å²) in [7, 11) is 0. The molecule has 164 valence electrons. The van der Waals surface area contributed by atoms with Crippen LogP contribution in [0.2, 0.25) is 0 Å². The van der Waals surface area contributed by atoms with Gasteiger partial charge in [0.25, 0.3) is 5.91 Å². The average Bonchev–Trinajstić information content (AvgIpc) is 3.16. The van der Waals surface area contributed by atoms with Crippen LogP contribution in [-0.2, 0) is 4.79 Å². The fourth-order valence-electron chi connectivity index (χ4n) is 4.15. The molecule has 2 heterocycles. The quantitative estimate of drug-likeness (QED) is 0.588. The molecule has 0 atom stereocenters. The molecule has 0 unspecified atom stereocenters. The zero-order chi connectivity index (χ0) is 21.8. The summed E-state index contributed by atoms with van der Waals surface area (Å²) in [6.07, 6.45) is 1.68. The first kappa shape index (κ1) is 21.0. The molecule has 0 radical (unpaired) electrons. The molecule has 2 aliphatic heterocycles. The average molecular weight is 426 g/mol. The molecule has 8 nitrogen and oxygen atoms in total. The molecule has 8 heteroatoms. The van der Waals surface area contributed by atoms with Crippen molar-refractivity contribution in [3.05, 3.63) is 47.5 Å². The van der Waals surface area contributed by atoms with Crippen molar-refractivity contribution >= 4 is 23.3 Å². The lowest BCUT2D eigenvalue weighted by Crippen LogP contribution is -3.14. The summed E-state index contributed by atoms with van der Waals surface area (Å²) in [6.45, 7) is 6.30. The lowest BCUT2D eigenvalue weighted by molar-refractivity contribution is -0.897. The summed E-state index contributed by atoms with van der Waals surface area (Å²) in [5.74, 6) is 1.31. The molecular weight excluding hydrogens is 396 g/mol. The molecule has 1 saturated heterocycles. The number of rotatable bonds is 5. The Kier molecular flexibility index (Phi) is 6.27. The number of amides is 3. The maximum Gasteiger partial charge on any atom is 0.319 e. The van der Waals surface area contributed by atoms with Crippen molar-refractivity contribution in [2.24, 2.45) is 0 Å². The van der Waals surface area contributed by atoms with E-state index in [2.05, 4.69) is 22.0 Å². The van der Waals surface area contributed by atoms with Gasteiger partial charge in [0.15, 0.2) is 18.0 Å². The van der Waals surface area contributed by atoms with E-state index in [4.69, 9.17) is 9.47 Å². The van der Waals surface area contributed by atoms with Crippen LogP contribution >= 0.6 is 0 Å². The first-order valence-electron chi connectivity index (χ1n) is 10.6. The SMILES string of the molecule is Cc1cc(C)cc(NC(=O)NC2CC[NH+](CC(=O)Nc3ccc4c(c3)OCO4)CC2)c1. The predicted molar refractivity (Wildman–Crippen MR) is 118 cm³/mol. The van der Waals surface area contributed by atoms with Crippen molar-refractivity contribution in [3.63, 3.8) is 0 Å². The van der Waals surface area contributed by atoms with Crippen LogP contribution in [0.5, 0.6) is 11.5 Å². The highest BCUT2D eigenvalue weighted by molar-refractivity contribution is 5.92. The monoisotopic (exact) mass is 425 g/mol. The van der Waals surface area contributed by atoms with Crippen LogP contribution in [0.25, 0.3) is 0 Å². The minimum Gasteiger partial charge on any atom is -0.454 e. The first-order chi connectivity index (χ1) is 14.9. The molecule has 0 aliphatic carbocycles. The highest BCUT2D eigenvalue weighted by Gasteiger charge is 2.25. The number of piperidine rings is 1. The van der Waals surface area contributed by atoms with E-state index in [1.807, 2.05) is 32.0 Å². The van der Waals surface area contributed by atoms with Crippen LogP contribution in [0.4, 0.5) is 16.2 Å². The number of likely N-dealkylation sites (tertiary alicyclic amines) is 1. The van der Waals surface area contributed by atoms with Crippen LogP contribution in [-0.4, -0.2) is 44.4 Å². The van der Waals surface area contributed by atoms with E-state index in [0.717, 1.165) is 42.7 Å². The molecule has 0 spiro atoms. The largest absolute Gasteiger partial charge is 0.454 e. The van der Waals surface area contributed by atoms with E-state index in [1.165, 1.54) is 4.90 Å². The Morgan fingerprint density at radius 1 is 0.935 bits per heavy atom. The summed E-state index contributed by atoms with van der Waals surface area (Å²) >= 11 is 0. The number of aryl methyl sites for hydroxylation is 2. The standard InChI is InChI=1S/C23H28N4O4/c1-15-9-16(2)11-19(10-15)26-23(29)25-17-5-7-27(8-6-17)13-22(28)24-18-3-4-20-21(12-18)31-14-30-20/h3-4,9-12,17H,5-8,13-14H2,1-2H3,(H,24,28)(H2,25,26,29)/p+1. The van der Waals surface area contributed by atoms with E-state index in [-0.39, 0.29) is 24.8 Å². The fraction of sp³-hybridized carbons (Fsp3) is 0.391. The molecule has 2 aromatic rings. The number of carbonyl (C=O) groups excluding carboxylic acids is 2. The Morgan fingerprint density at radius 3 is 2.39 bits per heavy atom. The van der Waals surface area contributed by atoms with E-state index in [1.54, 1.807) is 12.1 Å². The van der Waals surface area contributed by atoms with Crippen molar-refractivity contribution in [1.82, 2.24) is 5.32 Å². The highest BCUT2D eigenvalue weighted by atomic mass is 16.7.